The van der Waals surface area contributed by atoms with Crippen molar-refractivity contribution in [3.63, 3.8) is 0 Å². The molecule has 3 aromatic heterocycles. The average molecular weight is 378 g/mol. The van der Waals surface area contributed by atoms with E-state index in [-0.39, 0.29) is 17.9 Å². The van der Waals surface area contributed by atoms with Gasteiger partial charge < -0.3 is 15.0 Å². The van der Waals surface area contributed by atoms with Crippen LogP contribution in [0.2, 0.25) is 0 Å². The molecule has 0 saturated carbocycles. The minimum absolute atomic E-state index is 0.118. The van der Waals surface area contributed by atoms with Gasteiger partial charge in [-0.25, -0.2) is 9.38 Å². The lowest BCUT2D eigenvalue weighted by molar-refractivity contribution is 0.0132. The van der Waals surface area contributed by atoms with Crippen LogP contribution in [0.15, 0.2) is 47.8 Å². The van der Waals surface area contributed by atoms with Crippen molar-refractivity contribution >= 4 is 22.6 Å². The summed E-state index contributed by atoms with van der Waals surface area (Å²) in [7, 11) is 0. The molecule has 2 unspecified atom stereocenters. The van der Waals surface area contributed by atoms with Crippen LogP contribution in [0, 0.1) is 0 Å². The number of benzene rings is 1. The van der Waals surface area contributed by atoms with E-state index in [1.807, 2.05) is 39.6 Å². The Morgan fingerprint density at radius 3 is 2.79 bits per heavy atom. The Hall–Kier alpha value is -3.13. The maximum Gasteiger partial charge on any atom is 0.287 e. The Labute approximate surface area is 161 Å². The van der Waals surface area contributed by atoms with Crippen LogP contribution >= 0.6 is 0 Å². The quantitative estimate of drug-likeness (QED) is 0.551. The number of hydrogen-bond acceptors (Lipinski definition) is 5. The largest absolute Gasteiger partial charge is 0.399 e. The number of fused-ring (bicyclic) bond motifs is 2. The summed E-state index contributed by atoms with van der Waals surface area (Å²) in [6.45, 7) is 2.77. The fourth-order valence-electron chi connectivity index (χ4n) is 3.83. The first-order chi connectivity index (χ1) is 13.6. The van der Waals surface area contributed by atoms with Gasteiger partial charge in [-0.3, -0.25) is 9.36 Å². The van der Waals surface area contributed by atoms with Crippen molar-refractivity contribution in [3.05, 3.63) is 58.9 Å². The molecule has 0 amide bonds. The summed E-state index contributed by atoms with van der Waals surface area (Å²) in [6, 6.07) is 7.84. The van der Waals surface area contributed by atoms with Crippen LogP contribution in [-0.4, -0.2) is 29.6 Å². The molecule has 1 saturated heterocycles. The summed E-state index contributed by atoms with van der Waals surface area (Å²) in [6.07, 6.45) is 8.10. The summed E-state index contributed by atoms with van der Waals surface area (Å²) in [5.41, 5.74) is 8.49. The Morgan fingerprint density at radius 1 is 1.21 bits per heavy atom. The third-order valence-electron chi connectivity index (χ3n) is 5.40. The molecule has 0 aliphatic carbocycles. The molecular weight excluding hydrogens is 356 g/mol. The van der Waals surface area contributed by atoms with Crippen molar-refractivity contribution in [1.82, 2.24) is 23.5 Å². The lowest BCUT2D eigenvalue weighted by atomic mass is 10.1. The number of nitrogens with zero attached hydrogens (tertiary/aromatic N) is 5. The first kappa shape index (κ1) is 17.0. The zero-order valence-corrected chi connectivity index (χ0v) is 15.7. The van der Waals surface area contributed by atoms with Crippen molar-refractivity contribution in [1.29, 1.82) is 0 Å². The Kier molecular flexibility index (Phi) is 3.94. The predicted octanol–water partition coefficient (Wildman–Crippen LogP) is 2.37. The first-order valence-electron chi connectivity index (χ1n) is 9.54. The fraction of sp³-hybridized carbons (Fsp3) is 0.350. The number of aromatic nitrogens is 5. The van der Waals surface area contributed by atoms with Crippen LogP contribution < -0.4 is 11.3 Å². The molecule has 2 N–H and O–H groups in total. The standard InChI is InChI=1S/C20H22N6O2/c1-13-2-7-16(28-13)26-12-22-17-18(26)23-20-24(10-11-25(20)19(17)27)9-8-14-3-5-15(21)6-4-14/h3-6,10-13,16H,2,7-9,21H2,1H3. The normalized spacial score (nSPS) is 19.8. The molecule has 4 aromatic rings. The monoisotopic (exact) mass is 378 g/mol. The van der Waals surface area contributed by atoms with Gasteiger partial charge in [-0.1, -0.05) is 12.1 Å². The summed E-state index contributed by atoms with van der Waals surface area (Å²) < 4.78 is 11.4. The van der Waals surface area contributed by atoms with Gasteiger partial charge in [0.25, 0.3) is 5.56 Å². The molecule has 0 radical (unpaired) electrons. The molecule has 0 spiro atoms. The Balaban J connectivity index is 1.53. The van der Waals surface area contributed by atoms with Crippen molar-refractivity contribution in [2.45, 2.75) is 45.1 Å². The van der Waals surface area contributed by atoms with E-state index >= 15 is 0 Å². The number of hydrogen-bond donors (Lipinski definition) is 1. The lowest BCUT2D eigenvalue weighted by Crippen LogP contribution is -2.17. The average Bonchev–Trinajstić information content (AvgIpc) is 3.40. The molecule has 4 heterocycles. The zero-order valence-electron chi connectivity index (χ0n) is 15.7. The van der Waals surface area contributed by atoms with Gasteiger partial charge in [0.05, 0.1) is 12.4 Å². The number of nitrogens with two attached hydrogens (primary N) is 1. The smallest absolute Gasteiger partial charge is 0.287 e. The van der Waals surface area contributed by atoms with Gasteiger partial charge in [-0.05, 0) is 43.9 Å². The summed E-state index contributed by atoms with van der Waals surface area (Å²) in [5.74, 6) is 0.612. The fourth-order valence-corrected chi connectivity index (χ4v) is 3.83. The van der Waals surface area contributed by atoms with Crippen LogP contribution in [0.3, 0.4) is 0 Å². The molecule has 8 heteroatoms. The molecule has 2 atom stereocenters. The highest BCUT2D eigenvalue weighted by Gasteiger charge is 2.26. The highest BCUT2D eigenvalue weighted by atomic mass is 16.5. The molecule has 8 nitrogen and oxygen atoms in total. The van der Waals surface area contributed by atoms with E-state index in [4.69, 9.17) is 15.5 Å². The van der Waals surface area contributed by atoms with Crippen LogP contribution in [0.5, 0.6) is 0 Å². The van der Waals surface area contributed by atoms with Crippen LogP contribution in [0.1, 0.15) is 31.6 Å². The van der Waals surface area contributed by atoms with Crippen molar-refractivity contribution in [3.8, 4) is 0 Å². The van der Waals surface area contributed by atoms with Gasteiger partial charge in [0.15, 0.2) is 11.2 Å². The first-order valence-corrected chi connectivity index (χ1v) is 9.54. The topological polar surface area (TPSA) is 92.4 Å². The molecule has 5 rings (SSSR count). The molecule has 1 aliphatic heterocycles. The van der Waals surface area contributed by atoms with E-state index in [9.17, 15) is 4.79 Å². The third-order valence-corrected chi connectivity index (χ3v) is 5.40. The maximum atomic E-state index is 12.9. The van der Waals surface area contributed by atoms with Crippen LogP contribution in [-0.2, 0) is 17.7 Å². The SMILES string of the molecule is CC1CCC(n2cnc3c(=O)n4ccn(CCc5ccc(N)cc5)c4nc32)O1. The highest BCUT2D eigenvalue weighted by molar-refractivity contribution is 5.71. The van der Waals surface area contributed by atoms with E-state index < -0.39 is 0 Å². The van der Waals surface area contributed by atoms with E-state index in [0.29, 0.717) is 23.5 Å². The predicted molar refractivity (Wildman–Crippen MR) is 106 cm³/mol. The third kappa shape index (κ3) is 2.77. The number of nitrogen functional groups attached to an aromatic ring is 1. The van der Waals surface area contributed by atoms with Gasteiger partial charge in [-0.2, -0.15) is 4.98 Å². The molecule has 1 aliphatic rings. The molecule has 0 bridgehead atoms. The molecular formula is C20H22N6O2. The van der Waals surface area contributed by atoms with Crippen molar-refractivity contribution in [2.75, 3.05) is 5.73 Å². The molecule has 28 heavy (non-hydrogen) atoms. The number of ether oxygens (including phenoxy) is 1. The van der Waals surface area contributed by atoms with E-state index in [0.717, 1.165) is 24.9 Å². The molecule has 144 valence electrons. The minimum Gasteiger partial charge on any atom is -0.399 e. The lowest BCUT2D eigenvalue weighted by Gasteiger charge is -2.13. The second-order valence-electron chi connectivity index (χ2n) is 7.37. The minimum atomic E-state index is -0.156. The second-order valence-corrected chi connectivity index (χ2v) is 7.37. The van der Waals surface area contributed by atoms with Gasteiger partial charge >= 0.3 is 0 Å². The summed E-state index contributed by atoms with van der Waals surface area (Å²) in [4.78, 5) is 22.0. The van der Waals surface area contributed by atoms with Gasteiger partial charge in [-0.15, -0.1) is 0 Å². The number of rotatable bonds is 4. The van der Waals surface area contributed by atoms with Crippen molar-refractivity contribution in [2.24, 2.45) is 0 Å². The number of imidazole rings is 2. The van der Waals surface area contributed by atoms with E-state index in [1.54, 1.807) is 16.9 Å². The summed E-state index contributed by atoms with van der Waals surface area (Å²) >= 11 is 0. The van der Waals surface area contributed by atoms with E-state index in [1.165, 1.54) is 5.56 Å². The highest BCUT2D eigenvalue weighted by Crippen LogP contribution is 2.29. The van der Waals surface area contributed by atoms with Crippen molar-refractivity contribution < 1.29 is 4.74 Å². The van der Waals surface area contributed by atoms with Crippen LogP contribution in [0.4, 0.5) is 5.69 Å². The second kappa shape index (κ2) is 6.49. The number of anilines is 1. The van der Waals surface area contributed by atoms with Gasteiger partial charge in [0, 0.05) is 24.6 Å². The number of aryl methyl sites for hydroxylation is 2. The molecule has 1 aromatic carbocycles. The summed E-state index contributed by atoms with van der Waals surface area (Å²) in [5, 5.41) is 0. The molecule has 1 fully saturated rings. The van der Waals surface area contributed by atoms with Gasteiger partial charge in [0.1, 0.15) is 6.23 Å². The maximum absolute atomic E-state index is 12.9. The Morgan fingerprint density at radius 2 is 2.04 bits per heavy atom. The van der Waals surface area contributed by atoms with Crippen LogP contribution in [0.25, 0.3) is 16.9 Å². The van der Waals surface area contributed by atoms with E-state index in [2.05, 4.69) is 11.9 Å². The Bertz CT molecular complexity index is 1200. The zero-order chi connectivity index (χ0) is 19.3. The van der Waals surface area contributed by atoms with Gasteiger partial charge in [0.2, 0.25) is 5.78 Å².